The summed E-state index contributed by atoms with van der Waals surface area (Å²) in [6.07, 6.45) is 7.07. The van der Waals surface area contributed by atoms with Gasteiger partial charge >= 0.3 is 5.69 Å². The van der Waals surface area contributed by atoms with Gasteiger partial charge in [0.15, 0.2) is 5.69 Å². The van der Waals surface area contributed by atoms with Gasteiger partial charge in [0.25, 0.3) is 11.5 Å². The summed E-state index contributed by atoms with van der Waals surface area (Å²) in [5.41, 5.74) is 7.54. The SMILES string of the molecule is CCOc1ccccc1C(=O)N(CCC1=CCCCC1)c1c(N)n(Cc2ccccc2)c(=O)[nH]c1=O. The zero-order valence-corrected chi connectivity index (χ0v) is 20.5. The Balaban J connectivity index is 1.79. The van der Waals surface area contributed by atoms with E-state index in [0.29, 0.717) is 24.3 Å². The van der Waals surface area contributed by atoms with E-state index in [1.807, 2.05) is 37.3 Å². The van der Waals surface area contributed by atoms with Crippen LogP contribution in [-0.4, -0.2) is 28.6 Å². The summed E-state index contributed by atoms with van der Waals surface area (Å²) >= 11 is 0. The molecule has 0 unspecified atom stereocenters. The molecule has 0 saturated carbocycles. The largest absolute Gasteiger partial charge is 0.493 e. The monoisotopic (exact) mass is 488 g/mol. The van der Waals surface area contributed by atoms with E-state index >= 15 is 0 Å². The van der Waals surface area contributed by atoms with Crippen molar-refractivity contribution in [2.24, 2.45) is 0 Å². The molecule has 1 amide bonds. The van der Waals surface area contributed by atoms with Crippen molar-refractivity contribution in [1.29, 1.82) is 0 Å². The van der Waals surface area contributed by atoms with Crippen LogP contribution in [0.5, 0.6) is 5.75 Å². The van der Waals surface area contributed by atoms with Crippen LogP contribution in [0, 0.1) is 0 Å². The Kier molecular flexibility index (Phi) is 8.05. The third-order valence-electron chi connectivity index (χ3n) is 6.37. The first-order valence-electron chi connectivity index (χ1n) is 12.4. The highest BCUT2D eigenvalue weighted by Crippen LogP contribution is 2.27. The minimum atomic E-state index is -0.693. The highest BCUT2D eigenvalue weighted by atomic mass is 16.5. The van der Waals surface area contributed by atoms with E-state index < -0.39 is 17.2 Å². The third-order valence-corrected chi connectivity index (χ3v) is 6.37. The molecule has 1 aromatic heterocycles. The fourth-order valence-corrected chi connectivity index (χ4v) is 4.53. The summed E-state index contributed by atoms with van der Waals surface area (Å²) in [7, 11) is 0. The Labute approximate surface area is 210 Å². The molecule has 0 fully saturated rings. The van der Waals surface area contributed by atoms with Crippen molar-refractivity contribution in [2.75, 3.05) is 23.8 Å². The number of carbonyl (C=O) groups is 1. The molecule has 36 heavy (non-hydrogen) atoms. The number of nitrogens with two attached hydrogens (primary N) is 1. The molecule has 8 nitrogen and oxygen atoms in total. The minimum Gasteiger partial charge on any atom is -0.493 e. The van der Waals surface area contributed by atoms with Gasteiger partial charge in [-0.2, -0.15) is 0 Å². The molecule has 3 N–H and O–H groups in total. The quantitative estimate of drug-likeness (QED) is 0.441. The van der Waals surface area contributed by atoms with Crippen molar-refractivity contribution in [1.82, 2.24) is 9.55 Å². The summed E-state index contributed by atoms with van der Waals surface area (Å²) in [4.78, 5) is 43.5. The van der Waals surface area contributed by atoms with Gasteiger partial charge in [-0.3, -0.25) is 24.0 Å². The molecule has 3 aromatic rings. The lowest BCUT2D eigenvalue weighted by Gasteiger charge is -2.26. The maximum atomic E-state index is 13.9. The van der Waals surface area contributed by atoms with Crippen molar-refractivity contribution < 1.29 is 9.53 Å². The van der Waals surface area contributed by atoms with Gasteiger partial charge in [-0.15, -0.1) is 0 Å². The lowest BCUT2D eigenvalue weighted by molar-refractivity contribution is 0.0983. The molecular formula is C28H32N4O4. The smallest absolute Gasteiger partial charge is 0.330 e. The molecule has 188 valence electrons. The molecule has 0 atom stereocenters. The van der Waals surface area contributed by atoms with E-state index in [4.69, 9.17) is 10.5 Å². The third kappa shape index (κ3) is 5.59. The van der Waals surface area contributed by atoms with Gasteiger partial charge in [-0.25, -0.2) is 4.79 Å². The Bertz CT molecular complexity index is 1360. The lowest BCUT2D eigenvalue weighted by atomic mass is 9.97. The van der Waals surface area contributed by atoms with Gasteiger partial charge in [0, 0.05) is 6.54 Å². The average molecular weight is 489 g/mol. The summed E-state index contributed by atoms with van der Waals surface area (Å²) in [5, 5.41) is 0. The second-order valence-corrected chi connectivity index (χ2v) is 8.81. The van der Waals surface area contributed by atoms with E-state index in [9.17, 15) is 14.4 Å². The van der Waals surface area contributed by atoms with E-state index in [1.54, 1.807) is 24.3 Å². The number of nitrogen functional groups attached to an aromatic ring is 1. The average Bonchev–Trinajstić information content (AvgIpc) is 2.89. The number of amides is 1. The van der Waals surface area contributed by atoms with Gasteiger partial charge in [0.1, 0.15) is 11.6 Å². The number of rotatable bonds is 9. The maximum Gasteiger partial charge on any atom is 0.330 e. The van der Waals surface area contributed by atoms with Crippen LogP contribution in [0.1, 0.15) is 54.9 Å². The Hall–Kier alpha value is -4.07. The molecule has 1 heterocycles. The van der Waals surface area contributed by atoms with Gasteiger partial charge in [0.2, 0.25) is 0 Å². The first kappa shape index (κ1) is 25.0. The van der Waals surface area contributed by atoms with Crippen LogP contribution < -0.4 is 26.6 Å². The van der Waals surface area contributed by atoms with Gasteiger partial charge in [-0.05, 0) is 56.7 Å². The first-order valence-corrected chi connectivity index (χ1v) is 12.4. The molecule has 0 aliphatic heterocycles. The van der Waals surface area contributed by atoms with Crippen molar-refractivity contribution in [3.8, 4) is 5.75 Å². The zero-order valence-electron chi connectivity index (χ0n) is 20.5. The molecular weight excluding hydrogens is 456 g/mol. The summed E-state index contributed by atoms with van der Waals surface area (Å²) in [6, 6.07) is 16.3. The van der Waals surface area contributed by atoms with Crippen LogP contribution in [0.2, 0.25) is 0 Å². The molecule has 0 spiro atoms. The van der Waals surface area contributed by atoms with Crippen LogP contribution in [-0.2, 0) is 6.54 Å². The van der Waals surface area contributed by atoms with Crippen LogP contribution in [0.15, 0.2) is 75.8 Å². The van der Waals surface area contributed by atoms with Crippen LogP contribution in [0.25, 0.3) is 0 Å². The van der Waals surface area contributed by atoms with Crippen LogP contribution in [0.3, 0.4) is 0 Å². The number of para-hydroxylation sites is 1. The number of nitrogens with one attached hydrogen (secondary N) is 1. The molecule has 1 aliphatic rings. The Morgan fingerprint density at radius 3 is 2.56 bits per heavy atom. The number of aromatic nitrogens is 2. The maximum absolute atomic E-state index is 13.9. The number of hydrogen-bond donors (Lipinski definition) is 2. The van der Waals surface area contributed by atoms with Crippen LogP contribution >= 0.6 is 0 Å². The van der Waals surface area contributed by atoms with E-state index in [0.717, 1.165) is 31.2 Å². The van der Waals surface area contributed by atoms with Crippen molar-refractivity contribution in [3.63, 3.8) is 0 Å². The number of nitrogens with zero attached hydrogens (tertiary/aromatic N) is 2. The molecule has 1 aliphatic carbocycles. The van der Waals surface area contributed by atoms with Crippen molar-refractivity contribution in [2.45, 2.75) is 45.6 Å². The highest BCUT2D eigenvalue weighted by Gasteiger charge is 2.27. The summed E-state index contributed by atoms with van der Waals surface area (Å²) < 4.78 is 6.98. The normalized spacial score (nSPS) is 13.2. The second-order valence-electron chi connectivity index (χ2n) is 8.81. The topological polar surface area (TPSA) is 110 Å². The Morgan fingerprint density at radius 1 is 1.08 bits per heavy atom. The minimum absolute atomic E-state index is 0.0294. The van der Waals surface area contributed by atoms with E-state index in [-0.39, 0.29) is 24.6 Å². The molecule has 0 radical (unpaired) electrons. The standard InChI is InChI=1S/C28H32N4O4/c1-2-36-23-16-10-9-15-22(23)27(34)31(18-17-20-11-5-3-6-12-20)24-25(29)32(28(35)30-26(24)33)19-21-13-7-4-8-14-21/h4,7-11,13-16H,2-3,5-6,12,17-19,29H2,1H3,(H,30,33,35). The number of benzene rings is 2. The van der Waals surface area contributed by atoms with Crippen molar-refractivity contribution in [3.05, 3.63) is 98.2 Å². The predicted molar refractivity (Wildman–Crippen MR) is 142 cm³/mol. The van der Waals surface area contributed by atoms with Gasteiger partial charge < -0.3 is 10.5 Å². The van der Waals surface area contributed by atoms with E-state index in [1.165, 1.54) is 15.0 Å². The molecule has 0 saturated heterocycles. The van der Waals surface area contributed by atoms with Gasteiger partial charge in [-0.1, -0.05) is 54.1 Å². The predicted octanol–water partition coefficient (Wildman–Crippen LogP) is 4.10. The Morgan fingerprint density at radius 2 is 1.83 bits per heavy atom. The fourth-order valence-electron chi connectivity index (χ4n) is 4.53. The number of H-pyrrole nitrogens is 1. The zero-order chi connectivity index (χ0) is 25.5. The number of carbonyl (C=O) groups excluding carboxylic acids is 1. The molecule has 2 aromatic carbocycles. The molecule has 4 rings (SSSR count). The second kappa shape index (κ2) is 11.6. The first-order chi connectivity index (χ1) is 17.5. The lowest BCUT2D eigenvalue weighted by Crippen LogP contribution is -2.42. The number of hydrogen-bond acceptors (Lipinski definition) is 5. The van der Waals surface area contributed by atoms with E-state index in [2.05, 4.69) is 11.1 Å². The van der Waals surface area contributed by atoms with Crippen molar-refractivity contribution >= 4 is 17.4 Å². The van der Waals surface area contributed by atoms with Crippen LogP contribution in [0.4, 0.5) is 11.5 Å². The summed E-state index contributed by atoms with van der Waals surface area (Å²) in [5.74, 6) is -0.0236. The summed E-state index contributed by atoms with van der Waals surface area (Å²) in [6.45, 7) is 2.65. The number of aromatic amines is 1. The fraction of sp³-hybridized carbons (Fsp3) is 0.321. The molecule has 8 heteroatoms. The number of anilines is 2. The number of allylic oxidation sites excluding steroid dienone is 1. The number of ether oxygens (including phenoxy) is 1. The molecule has 0 bridgehead atoms. The van der Waals surface area contributed by atoms with Gasteiger partial charge in [0.05, 0.1) is 18.7 Å². The highest BCUT2D eigenvalue weighted by molar-refractivity contribution is 6.09.